The number of nitrogens with two attached hydrogens (primary N) is 1. The van der Waals surface area contributed by atoms with Gasteiger partial charge in [-0.3, -0.25) is 4.79 Å². The van der Waals surface area contributed by atoms with Crippen molar-refractivity contribution in [2.45, 2.75) is 13.8 Å². The Morgan fingerprint density at radius 2 is 1.90 bits per heavy atom. The number of amides is 1. The van der Waals surface area contributed by atoms with Crippen LogP contribution in [-0.2, 0) is 4.74 Å². The van der Waals surface area contributed by atoms with Gasteiger partial charge in [0.15, 0.2) is 5.69 Å². The lowest BCUT2D eigenvalue weighted by Crippen LogP contribution is -2.36. The molecule has 1 aromatic carbocycles. The van der Waals surface area contributed by atoms with Gasteiger partial charge in [0.05, 0.1) is 13.2 Å². The molecule has 3 aromatic rings. The monoisotopic (exact) mass is 410 g/mol. The van der Waals surface area contributed by atoms with Gasteiger partial charge in [0.1, 0.15) is 15.7 Å². The number of primary amides is 1. The first-order valence-corrected chi connectivity index (χ1v) is 10.1. The van der Waals surface area contributed by atoms with E-state index in [1.165, 1.54) is 11.3 Å². The fourth-order valence-electron chi connectivity index (χ4n) is 3.28. The number of nitrogens with zero attached hydrogens (tertiary/aromatic N) is 4. The highest BCUT2D eigenvalue weighted by atomic mass is 32.1. The molecule has 1 aliphatic rings. The van der Waals surface area contributed by atoms with Crippen LogP contribution in [0.25, 0.3) is 10.7 Å². The molecule has 0 radical (unpaired) electrons. The lowest BCUT2D eigenvalue weighted by molar-refractivity contribution is 0.0994. The minimum absolute atomic E-state index is 0.273. The van der Waals surface area contributed by atoms with Crippen molar-refractivity contribution in [2.75, 3.05) is 36.5 Å². The van der Waals surface area contributed by atoms with Crippen LogP contribution in [-0.4, -0.2) is 47.2 Å². The van der Waals surface area contributed by atoms with Crippen LogP contribution in [0.4, 0.5) is 16.6 Å². The maximum atomic E-state index is 11.9. The molecule has 0 spiro atoms. The Morgan fingerprint density at radius 1 is 1.17 bits per heavy atom. The molecular weight excluding hydrogens is 388 g/mol. The third kappa shape index (κ3) is 4.36. The first kappa shape index (κ1) is 19.3. The molecule has 3 heterocycles. The number of carbonyl (C=O) groups excluding carboxylic acids is 1. The molecule has 2 aromatic heterocycles. The SMILES string of the molecule is Cc1cc(C)cc(Nc2nccc(-c3nc(C(N)=O)c(N4CCOCC4)s3)n2)c1. The molecule has 1 aliphatic heterocycles. The maximum absolute atomic E-state index is 11.9. The molecular formula is C20H22N6O2S. The average molecular weight is 411 g/mol. The van der Waals surface area contributed by atoms with E-state index in [1.54, 1.807) is 12.3 Å². The lowest BCUT2D eigenvalue weighted by Gasteiger charge is -2.27. The highest BCUT2D eigenvalue weighted by Gasteiger charge is 2.24. The summed E-state index contributed by atoms with van der Waals surface area (Å²) in [6, 6.07) is 7.96. The Kier molecular flexibility index (Phi) is 5.41. The van der Waals surface area contributed by atoms with Gasteiger partial charge in [0, 0.05) is 25.0 Å². The summed E-state index contributed by atoms with van der Waals surface area (Å²) >= 11 is 1.41. The standard InChI is InChI=1S/C20H22N6O2S/c1-12-9-13(2)11-14(10-12)23-20-22-4-3-15(24-20)18-25-16(17(21)27)19(29-18)26-5-7-28-8-6-26/h3-4,9-11H,5-8H2,1-2H3,(H2,21,27)(H,22,23,24). The van der Waals surface area contributed by atoms with Crippen molar-refractivity contribution in [1.29, 1.82) is 0 Å². The van der Waals surface area contributed by atoms with Crippen LogP contribution in [0.3, 0.4) is 0 Å². The number of ether oxygens (including phenoxy) is 1. The summed E-state index contributed by atoms with van der Waals surface area (Å²) in [6.45, 7) is 6.72. The molecule has 9 heteroatoms. The number of aryl methyl sites for hydroxylation is 2. The third-order valence-electron chi connectivity index (χ3n) is 4.49. The Bertz CT molecular complexity index is 1020. The van der Waals surface area contributed by atoms with Crippen molar-refractivity contribution >= 4 is 33.9 Å². The fourth-order valence-corrected chi connectivity index (χ4v) is 4.37. The topological polar surface area (TPSA) is 106 Å². The number of nitrogens with one attached hydrogen (secondary N) is 1. The minimum atomic E-state index is -0.545. The molecule has 0 unspecified atom stereocenters. The number of rotatable bonds is 5. The molecule has 1 amide bonds. The van der Waals surface area contributed by atoms with Crippen molar-refractivity contribution in [1.82, 2.24) is 15.0 Å². The van der Waals surface area contributed by atoms with Crippen molar-refractivity contribution in [3.63, 3.8) is 0 Å². The summed E-state index contributed by atoms with van der Waals surface area (Å²) in [5.74, 6) is -0.0760. The molecule has 0 aliphatic carbocycles. The number of hydrogen-bond acceptors (Lipinski definition) is 8. The molecule has 0 saturated carbocycles. The van der Waals surface area contributed by atoms with Gasteiger partial charge >= 0.3 is 0 Å². The van der Waals surface area contributed by atoms with E-state index in [9.17, 15) is 4.79 Å². The Labute approximate surface area is 172 Å². The second kappa shape index (κ2) is 8.14. The highest BCUT2D eigenvalue weighted by molar-refractivity contribution is 7.19. The molecule has 0 bridgehead atoms. The molecule has 0 atom stereocenters. The number of benzene rings is 1. The average Bonchev–Trinajstić information content (AvgIpc) is 3.14. The summed E-state index contributed by atoms with van der Waals surface area (Å²) < 4.78 is 5.40. The molecule has 8 nitrogen and oxygen atoms in total. The third-order valence-corrected chi connectivity index (χ3v) is 5.63. The number of anilines is 3. The van der Waals surface area contributed by atoms with Crippen LogP contribution in [0.5, 0.6) is 0 Å². The van der Waals surface area contributed by atoms with Gasteiger partial charge in [-0.25, -0.2) is 15.0 Å². The van der Waals surface area contributed by atoms with Crippen LogP contribution in [0.15, 0.2) is 30.5 Å². The summed E-state index contributed by atoms with van der Waals surface area (Å²) in [7, 11) is 0. The predicted octanol–water partition coefficient (Wildman–Crippen LogP) is 2.90. The van der Waals surface area contributed by atoms with Crippen LogP contribution in [0.2, 0.25) is 0 Å². The van der Waals surface area contributed by atoms with E-state index in [0.29, 0.717) is 43.0 Å². The number of morpholine rings is 1. The molecule has 150 valence electrons. The van der Waals surface area contributed by atoms with Gasteiger partial charge < -0.3 is 20.7 Å². The number of hydrogen-bond donors (Lipinski definition) is 2. The highest BCUT2D eigenvalue weighted by Crippen LogP contribution is 2.34. The van der Waals surface area contributed by atoms with E-state index in [0.717, 1.165) is 21.8 Å². The van der Waals surface area contributed by atoms with Crippen molar-refractivity contribution in [2.24, 2.45) is 5.73 Å². The Morgan fingerprint density at radius 3 is 2.59 bits per heavy atom. The number of aromatic nitrogens is 3. The van der Waals surface area contributed by atoms with Gasteiger partial charge in [-0.15, -0.1) is 0 Å². The summed E-state index contributed by atoms with van der Waals surface area (Å²) in [6.07, 6.45) is 1.67. The van der Waals surface area contributed by atoms with Crippen LogP contribution in [0, 0.1) is 13.8 Å². The second-order valence-electron chi connectivity index (χ2n) is 6.90. The van der Waals surface area contributed by atoms with E-state index < -0.39 is 5.91 Å². The normalized spacial score (nSPS) is 14.1. The van der Waals surface area contributed by atoms with Crippen LogP contribution >= 0.6 is 11.3 Å². The maximum Gasteiger partial charge on any atom is 0.270 e. The van der Waals surface area contributed by atoms with Crippen LogP contribution in [0.1, 0.15) is 21.6 Å². The summed E-state index contributed by atoms with van der Waals surface area (Å²) in [5.41, 5.74) is 9.72. The number of carbonyl (C=O) groups is 1. The predicted molar refractivity (Wildman–Crippen MR) is 114 cm³/mol. The van der Waals surface area contributed by atoms with E-state index in [-0.39, 0.29) is 5.69 Å². The zero-order valence-electron chi connectivity index (χ0n) is 16.3. The van der Waals surface area contributed by atoms with Gasteiger partial charge in [-0.2, -0.15) is 0 Å². The van der Waals surface area contributed by atoms with Crippen molar-refractivity contribution in [3.05, 3.63) is 47.3 Å². The van der Waals surface area contributed by atoms with Gasteiger partial charge in [-0.05, 0) is 43.2 Å². The quantitative estimate of drug-likeness (QED) is 0.666. The minimum Gasteiger partial charge on any atom is -0.378 e. The van der Waals surface area contributed by atoms with Crippen molar-refractivity contribution in [3.8, 4) is 10.7 Å². The van der Waals surface area contributed by atoms with E-state index in [1.807, 2.05) is 26.0 Å². The second-order valence-corrected chi connectivity index (χ2v) is 7.88. The lowest BCUT2D eigenvalue weighted by atomic mass is 10.1. The fraction of sp³-hybridized carbons (Fsp3) is 0.300. The van der Waals surface area contributed by atoms with E-state index in [4.69, 9.17) is 10.5 Å². The first-order chi connectivity index (χ1) is 14.0. The molecule has 1 fully saturated rings. The molecule has 3 N–H and O–H groups in total. The van der Waals surface area contributed by atoms with E-state index >= 15 is 0 Å². The first-order valence-electron chi connectivity index (χ1n) is 9.31. The smallest absolute Gasteiger partial charge is 0.270 e. The zero-order valence-corrected chi connectivity index (χ0v) is 17.1. The van der Waals surface area contributed by atoms with Crippen molar-refractivity contribution < 1.29 is 9.53 Å². The largest absolute Gasteiger partial charge is 0.378 e. The summed E-state index contributed by atoms with van der Waals surface area (Å²) in [5, 5.41) is 4.63. The zero-order chi connectivity index (χ0) is 20.4. The molecule has 29 heavy (non-hydrogen) atoms. The molecule has 4 rings (SSSR count). The van der Waals surface area contributed by atoms with Gasteiger partial charge in [-0.1, -0.05) is 17.4 Å². The Balaban J connectivity index is 1.64. The van der Waals surface area contributed by atoms with Gasteiger partial charge in [0.25, 0.3) is 5.91 Å². The molecule has 1 saturated heterocycles. The Hall–Kier alpha value is -3.04. The van der Waals surface area contributed by atoms with Crippen LogP contribution < -0.4 is 16.0 Å². The summed E-state index contributed by atoms with van der Waals surface area (Å²) in [4.78, 5) is 27.4. The van der Waals surface area contributed by atoms with E-state index in [2.05, 4.69) is 31.2 Å². The number of thiazole rings is 1. The van der Waals surface area contributed by atoms with Gasteiger partial charge in [0.2, 0.25) is 5.95 Å².